The normalized spacial score (nSPS) is 11.7. The lowest BCUT2D eigenvalue weighted by molar-refractivity contribution is -0.157. The molecule has 6 heteroatoms. The molecule has 40 heavy (non-hydrogen) atoms. The summed E-state index contributed by atoms with van der Waals surface area (Å²) in [6.07, 6.45) is 1.14. The van der Waals surface area contributed by atoms with Gasteiger partial charge in [-0.3, -0.25) is 9.59 Å². The first kappa shape index (κ1) is 31.1. The molecule has 0 heterocycles. The first-order valence-corrected chi connectivity index (χ1v) is 13.8. The van der Waals surface area contributed by atoms with E-state index in [1.165, 1.54) is 0 Å². The van der Waals surface area contributed by atoms with Crippen LogP contribution < -0.4 is 0 Å². The van der Waals surface area contributed by atoms with Crippen molar-refractivity contribution in [1.82, 2.24) is 0 Å². The molecule has 3 rings (SSSR count). The fourth-order valence-corrected chi connectivity index (χ4v) is 3.81. The summed E-state index contributed by atoms with van der Waals surface area (Å²) in [6.45, 7) is 9.94. The number of ether oxygens (including phenoxy) is 4. The molecule has 0 spiro atoms. The Labute approximate surface area is 238 Å². The van der Waals surface area contributed by atoms with Gasteiger partial charge in [0.15, 0.2) is 0 Å². The van der Waals surface area contributed by atoms with E-state index >= 15 is 0 Å². The molecule has 0 aliphatic heterocycles. The molecule has 0 aliphatic rings. The lowest BCUT2D eigenvalue weighted by Crippen LogP contribution is -2.28. The van der Waals surface area contributed by atoms with Gasteiger partial charge in [-0.1, -0.05) is 84.9 Å². The van der Waals surface area contributed by atoms with Crippen LogP contribution in [0.3, 0.4) is 0 Å². The molecule has 3 aromatic rings. The van der Waals surface area contributed by atoms with E-state index in [1.807, 2.05) is 113 Å². The van der Waals surface area contributed by atoms with Crippen molar-refractivity contribution in [3.63, 3.8) is 0 Å². The van der Waals surface area contributed by atoms with Crippen LogP contribution in [0.1, 0.15) is 62.8 Å². The zero-order valence-electron chi connectivity index (χ0n) is 24.2. The van der Waals surface area contributed by atoms with Gasteiger partial charge in [0.25, 0.3) is 0 Å². The Morgan fingerprint density at radius 1 is 0.500 bits per heavy atom. The summed E-state index contributed by atoms with van der Waals surface area (Å²) in [6, 6.07) is 27.4. The lowest BCUT2D eigenvalue weighted by Gasteiger charge is -2.22. The third-order valence-corrected chi connectivity index (χ3v) is 6.83. The smallest absolute Gasteiger partial charge is 0.311 e. The molecule has 0 radical (unpaired) electrons. The van der Waals surface area contributed by atoms with Gasteiger partial charge < -0.3 is 18.9 Å². The van der Waals surface area contributed by atoms with Crippen LogP contribution in [0.4, 0.5) is 0 Å². The summed E-state index contributed by atoms with van der Waals surface area (Å²) in [5, 5.41) is 0. The van der Waals surface area contributed by atoms with E-state index in [4.69, 9.17) is 18.9 Å². The Morgan fingerprint density at radius 3 is 1.18 bits per heavy atom. The van der Waals surface area contributed by atoms with Crippen molar-refractivity contribution in [2.24, 2.45) is 10.8 Å². The minimum absolute atomic E-state index is 0.225. The highest BCUT2D eigenvalue weighted by Crippen LogP contribution is 2.24. The average Bonchev–Trinajstić information content (AvgIpc) is 2.96. The van der Waals surface area contributed by atoms with Crippen LogP contribution in [0.5, 0.6) is 0 Å². The van der Waals surface area contributed by atoms with Gasteiger partial charge in [-0.2, -0.15) is 0 Å². The summed E-state index contributed by atoms with van der Waals surface area (Å²) in [4.78, 5) is 25.0. The molecule has 0 bridgehead atoms. The van der Waals surface area contributed by atoms with E-state index < -0.39 is 10.8 Å². The monoisotopic (exact) mass is 546 g/mol. The van der Waals surface area contributed by atoms with Crippen molar-refractivity contribution in [2.45, 2.75) is 67.0 Å². The predicted molar refractivity (Wildman–Crippen MR) is 155 cm³/mol. The average molecular weight is 547 g/mol. The van der Waals surface area contributed by atoms with E-state index in [2.05, 4.69) is 0 Å². The third kappa shape index (κ3) is 10.6. The van der Waals surface area contributed by atoms with Crippen LogP contribution in [0.2, 0.25) is 0 Å². The Hall–Kier alpha value is -3.48. The van der Waals surface area contributed by atoms with Gasteiger partial charge in [-0.05, 0) is 62.8 Å². The first-order chi connectivity index (χ1) is 19.2. The van der Waals surface area contributed by atoms with Crippen molar-refractivity contribution in [1.29, 1.82) is 0 Å². The molecule has 0 atom stereocenters. The van der Waals surface area contributed by atoms with Crippen LogP contribution in [-0.2, 0) is 55.0 Å². The Morgan fingerprint density at radius 2 is 0.825 bits per heavy atom. The second kappa shape index (κ2) is 15.3. The number of carbonyl (C=O) groups is 2. The minimum atomic E-state index is -0.622. The molecule has 3 aromatic carbocycles. The standard InChI is InChI=1S/C34H42O6/c1-33(2,31(35)39-25-27-11-7-5-8-12-27)19-21-37-23-29-15-17-30(18-16-29)24-38-22-20-34(3,4)32(36)40-26-28-13-9-6-10-14-28/h5-18H,19-26H2,1-4H3. The number of carbonyl (C=O) groups excluding carboxylic acids is 2. The summed E-state index contributed by atoms with van der Waals surface area (Å²) in [5.74, 6) is -0.450. The zero-order chi connectivity index (χ0) is 28.8. The van der Waals surface area contributed by atoms with Gasteiger partial charge in [-0.15, -0.1) is 0 Å². The second-order valence-corrected chi connectivity index (χ2v) is 11.3. The molecular weight excluding hydrogens is 504 g/mol. The summed E-state index contributed by atoms with van der Waals surface area (Å²) >= 11 is 0. The summed E-state index contributed by atoms with van der Waals surface area (Å²) in [7, 11) is 0. The summed E-state index contributed by atoms with van der Waals surface area (Å²) < 4.78 is 22.6. The fourth-order valence-electron chi connectivity index (χ4n) is 3.81. The first-order valence-electron chi connectivity index (χ1n) is 13.8. The van der Waals surface area contributed by atoms with Gasteiger partial charge in [0.2, 0.25) is 0 Å². The second-order valence-electron chi connectivity index (χ2n) is 11.3. The molecule has 0 N–H and O–H groups in total. The van der Waals surface area contributed by atoms with Crippen molar-refractivity contribution in [2.75, 3.05) is 13.2 Å². The summed E-state index contributed by atoms with van der Waals surface area (Å²) in [5.41, 5.74) is 2.80. The van der Waals surface area contributed by atoms with Gasteiger partial charge in [-0.25, -0.2) is 0 Å². The van der Waals surface area contributed by atoms with Gasteiger partial charge in [0.1, 0.15) is 13.2 Å². The quantitative estimate of drug-likeness (QED) is 0.142. The van der Waals surface area contributed by atoms with E-state index in [0.29, 0.717) is 39.3 Å². The SMILES string of the molecule is CC(C)(CCOCc1ccc(COCCC(C)(C)C(=O)OCc2ccccc2)cc1)C(=O)OCc1ccccc1. The molecule has 6 nitrogen and oxygen atoms in total. The lowest BCUT2D eigenvalue weighted by atomic mass is 9.90. The molecule has 0 aliphatic carbocycles. The number of rotatable bonds is 16. The van der Waals surface area contributed by atoms with Crippen LogP contribution in [0, 0.1) is 10.8 Å². The van der Waals surface area contributed by atoms with E-state index in [9.17, 15) is 9.59 Å². The topological polar surface area (TPSA) is 71.1 Å². The van der Waals surface area contributed by atoms with E-state index in [-0.39, 0.29) is 25.2 Å². The molecule has 214 valence electrons. The van der Waals surface area contributed by atoms with Crippen molar-refractivity contribution in [3.8, 4) is 0 Å². The van der Waals surface area contributed by atoms with Crippen LogP contribution >= 0.6 is 0 Å². The molecule has 0 aromatic heterocycles. The largest absolute Gasteiger partial charge is 0.460 e. The van der Waals surface area contributed by atoms with Crippen LogP contribution in [-0.4, -0.2) is 25.2 Å². The third-order valence-electron chi connectivity index (χ3n) is 6.83. The molecule has 0 amide bonds. The molecule has 0 saturated carbocycles. The van der Waals surface area contributed by atoms with Crippen molar-refractivity contribution >= 4 is 11.9 Å². The molecular formula is C34H42O6. The van der Waals surface area contributed by atoms with Crippen LogP contribution in [0.25, 0.3) is 0 Å². The number of esters is 2. The number of hydrogen-bond acceptors (Lipinski definition) is 6. The zero-order valence-corrected chi connectivity index (χ0v) is 24.2. The minimum Gasteiger partial charge on any atom is -0.460 e. The highest BCUT2D eigenvalue weighted by Gasteiger charge is 2.30. The highest BCUT2D eigenvalue weighted by molar-refractivity contribution is 5.76. The Balaban J connectivity index is 1.29. The van der Waals surface area contributed by atoms with E-state index in [1.54, 1.807) is 0 Å². The fraction of sp³-hybridized carbons (Fsp3) is 0.412. The van der Waals surface area contributed by atoms with Gasteiger partial charge in [0, 0.05) is 13.2 Å². The van der Waals surface area contributed by atoms with Crippen LogP contribution in [0.15, 0.2) is 84.9 Å². The van der Waals surface area contributed by atoms with Gasteiger partial charge in [0.05, 0.1) is 24.0 Å². The van der Waals surface area contributed by atoms with Crippen molar-refractivity contribution in [3.05, 3.63) is 107 Å². The molecule has 0 fully saturated rings. The number of benzene rings is 3. The Kier molecular flexibility index (Phi) is 11.9. The maximum Gasteiger partial charge on any atom is 0.311 e. The molecule has 0 unspecified atom stereocenters. The predicted octanol–water partition coefficient (Wildman–Crippen LogP) is 7.04. The highest BCUT2D eigenvalue weighted by atomic mass is 16.5. The Bertz CT molecular complexity index is 1080. The maximum absolute atomic E-state index is 12.5. The van der Waals surface area contributed by atoms with E-state index in [0.717, 1.165) is 22.3 Å². The number of hydrogen-bond donors (Lipinski definition) is 0. The maximum atomic E-state index is 12.5. The molecule has 0 saturated heterocycles. The van der Waals surface area contributed by atoms with Gasteiger partial charge >= 0.3 is 11.9 Å². The van der Waals surface area contributed by atoms with Crippen molar-refractivity contribution < 1.29 is 28.5 Å².